The molecule has 1 N–H and O–H groups in total. The summed E-state index contributed by atoms with van der Waals surface area (Å²) in [6.45, 7) is 5.91. The molecule has 2 aliphatic heterocycles. The largest absolute Gasteiger partial charge is 0.462 e. The minimum Gasteiger partial charge on any atom is -0.462 e. The van der Waals surface area contributed by atoms with Crippen LogP contribution in [0.2, 0.25) is 0 Å². The molecule has 2 heterocycles. The second-order valence-corrected chi connectivity index (χ2v) is 5.18. The van der Waals surface area contributed by atoms with E-state index >= 15 is 0 Å². The lowest BCUT2D eigenvalue weighted by atomic mass is 9.98. The SMILES string of the molecule is CC1CNCC1C(=O)OC1CCN(C)CC1. The third kappa shape index (κ3) is 2.74. The molecule has 0 spiro atoms. The van der Waals surface area contributed by atoms with Gasteiger partial charge >= 0.3 is 5.97 Å². The Hall–Kier alpha value is -0.610. The summed E-state index contributed by atoms with van der Waals surface area (Å²) < 4.78 is 5.59. The van der Waals surface area contributed by atoms with Gasteiger partial charge in [-0.05, 0) is 32.4 Å². The molecule has 0 radical (unpaired) electrons. The molecule has 16 heavy (non-hydrogen) atoms. The summed E-state index contributed by atoms with van der Waals surface area (Å²) in [6.07, 6.45) is 2.12. The standard InChI is InChI=1S/C12H22N2O2/c1-9-7-13-8-11(9)12(15)16-10-3-5-14(2)6-4-10/h9-11,13H,3-8H2,1-2H3. The van der Waals surface area contributed by atoms with E-state index in [1.807, 2.05) is 0 Å². The molecule has 2 rings (SSSR count). The van der Waals surface area contributed by atoms with Crippen LogP contribution in [-0.4, -0.2) is 50.2 Å². The highest BCUT2D eigenvalue weighted by molar-refractivity contribution is 5.73. The van der Waals surface area contributed by atoms with Crippen LogP contribution in [0.4, 0.5) is 0 Å². The van der Waals surface area contributed by atoms with Crippen LogP contribution in [0.5, 0.6) is 0 Å². The molecule has 2 fully saturated rings. The first-order valence-electron chi connectivity index (χ1n) is 6.26. The number of rotatable bonds is 2. The molecule has 2 saturated heterocycles. The number of ether oxygens (including phenoxy) is 1. The molecule has 4 heteroatoms. The minimum atomic E-state index is 0.00653. The van der Waals surface area contributed by atoms with Crippen LogP contribution in [0.3, 0.4) is 0 Å². The Morgan fingerprint density at radius 1 is 1.31 bits per heavy atom. The number of esters is 1. The van der Waals surface area contributed by atoms with E-state index in [1.54, 1.807) is 0 Å². The molecule has 0 saturated carbocycles. The average molecular weight is 226 g/mol. The third-order valence-corrected chi connectivity index (χ3v) is 3.77. The van der Waals surface area contributed by atoms with E-state index in [0.29, 0.717) is 5.92 Å². The van der Waals surface area contributed by atoms with Crippen molar-refractivity contribution in [1.29, 1.82) is 0 Å². The van der Waals surface area contributed by atoms with Crippen molar-refractivity contribution < 1.29 is 9.53 Å². The highest BCUT2D eigenvalue weighted by Crippen LogP contribution is 2.20. The zero-order valence-electron chi connectivity index (χ0n) is 10.2. The molecule has 92 valence electrons. The minimum absolute atomic E-state index is 0.00653. The first kappa shape index (κ1) is 11.9. The van der Waals surface area contributed by atoms with Gasteiger partial charge < -0.3 is 15.0 Å². The maximum absolute atomic E-state index is 11.9. The van der Waals surface area contributed by atoms with Gasteiger partial charge in [-0.2, -0.15) is 0 Å². The molecule has 0 aromatic heterocycles. The highest BCUT2D eigenvalue weighted by atomic mass is 16.5. The predicted octanol–water partition coefficient (Wildman–Crippen LogP) is 0.479. The Balaban J connectivity index is 1.78. The zero-order valence-corrected chi connectivity index (χ0v) is 10.2. The highest BCUT2D eigenvalue weighted by Gasteiger charge is 2.32. The quantitative estimate of drug-likeness (QED) is 0.695. The van der Waals surface area contributed by atoms with Crippen molar-refractivity contribution >= 4 is 5.97 Å². The molecule has 0 amide bonds. The van der Waals surface area contributed by atoms with Gasteiger partial charge in [0.1, 0.15) is 6.10 Å². The third-order valence-electron chi connectivity index (χ3n) is 3.77. The van der Waals surface area contributed by atoms with Gasteiger partial charge in [0.2, 0.25) is 0 Å². The number of hydrogen-bond donors (Lipinski definition) is 1. The van der Waals surface area contributed by atoms with Gasteiger partial charge in [0, 0.05) is 19.6 Å². The molecule has 0 bridgehead atoms. The zero-order chi connectivity index (χ0) is 11.5. The van der Waals surface area contributed by atoms with Crippen LogP contribution in [-0.2, 0) is 9.53 Å². The maximum Gasteiger partial charge on any atom is 0.310 e. The number of carbonyl (C=O) groups is 1. The Morgan fingerprint density at radius 3 is 2.56 bits per heavy atom. The fraction of sp³-hybridized carbons (Fsp3) is 0.917. The fourth-order valence-corrected chi connectivity index (χ4v) is 2.48. The van der Waals surface area contributed by atoms with E-state index in [0.717, 1.165) is 39.0 Å². The van der Waals surface area contributed by atoms with Gasteiger partial charge in [-0.1, -0.05) is 6.92 Å². The van der Waals surface area contributed by atoms with E-state index in [-0.39, 0.29) is 18.0 Å². The number of hydrogen-bond acceptors (Lipinski definition) is 4. The Bertz CT molecular complexity index is 249. The van der Waals surface area contributed by atoms with Gasteiger partial charge in [-0.3, -0.25) is 4.79 Å². The summed E-state index contributed by atoms with van der Waals surface area (Å²) in [5.41, 5.74) is 0. The second kappa shape index (κ2) is 5.15. The number of nitrogens with zero attached hydrogens (tertiary/aromatic N) is 1. The number of nitrogens with one attached hydrogen (secondary N) is 1. The van der Waals surface area contributed by atoms with E-state index in [2.05, 4.69) is 24.2 Å². The van der Waals surface area contributed by atoms with E-state index in [4.69, 9.17) is 4.74 Å². The molecular weight excluding hydrogens is 204 g/mol. The van der Waals surface area contributed by atoms with Gasteiger partial charge in [-0.15, -0.1) is 0 Å². The smallest absolute Gasteiger partial charge is 0.310 e. The van der Waals surface area contributed by atoms with Gasteiger partial charge in [0.15, 0.2) is 0 Å². The van der Waals surface area contributed by atoms with Crippen LogP contribution < -0.4 is 5.32 Å². The van der Waals surface area contributed by atoms with Crippen molar-refractivity contribution in [2.75, 3.05) is 33.2 Å². The van der Waals surface area contributed by atoms with Crippen molar-refractivity contribution in [3.8, 4) is 0 Å². The van der Waals surface area contributed by atoms with Crippen LogP contribution in [0, 0.1) is 11.8 Å². The molecule has 2 unspecified atom stereocenters. The first-order valence-corrected chi connectivity index (χ1v) is 6.26. The summed E-state index contributed by atoms with van der Waals surface area (Å²) in [5, 5.41) is 3.24. The number of carbonyl (C=O) groups excluding carboxylic acids is 1. The summed E-state index contributed by atoms with van der Waals surface area (Å²) in [7, 11) is 2.11. The summed E-state index contributed by atoms with van der Waals surface area (Å²) in [4.78, 5) is 14.2. The first-order chi connectivity index (χ1) is 7.66. The Morgan fingerprint density at radius 2 is 2.00 bits per heavy atom. The maximum atomic E-state index is 11.9. The lowest BCUT2D eigenvalue weighted by Gasteiger charge is -2.29. The molecular formula is C12H22N2O2. The normalized spacial score (nSPS) is 32.9. The molecule has 0 aromatic rings. The van der Waals surface area contributed by atoms with E-state index < -0.39 is 0 Å². The number of likely N-dealkylation sites (tertiary alicyclic amines) is 1. The monoisotopic (exact) mass is 226 g/mol. The molecule has 2 atom stereocenters. The molecule has 0 aromatic carbocycles. The van der Waals surface area contributed by atoms with Crippen molar-refractivity contribution in [3.63, 3.8) is 0 Å². The second-order valence-electron chi connectivity index (χ2n) is 5.18. The molecule has 2 aliphatic rings. The van der Waals surface area contributed by atoms with Crippen molar-refractivity contribution in [2.24, 2.45) is 11.8 Å². The predicted molar refractivity (Wildman–Crippen MR) is 62.1 cm³/mol. The number of piperidine rings is 1. The summed E-state index contributed by atoms with van der Waals surface area (Å²) in [6, 6.07) is 0. The van der Waals surface area contributed by atoms with Crippen LogP contribution in [0.1, 0.15) is 19.8 Å². The molecule has 4 nitrogen and oxygen atoms in total. The lowest BCUT2D eigenvalue weighted by molar-refractivity contribution is -0.156. The summed E-state index contributed by atoms with van der Waals surface area (Å²) >= 11 is 0. The Labute approximate surface area is 97.3 Å². The van der Waals surface area contributed by atoms with Crippen molar-refractivity contribution in [1.82, 2.24) is 10.2 Å². The van der Waals surface area contributed by atoms with Gasteiger partial charge in [-0.25, -0.2) is 0 Å². The van der Waals surface area contributed by atoms with Crippen LogP contribution in [0.15, 0.2) is 0 Å². The van der Waals surface area contributed by atoms with Crippen LogP contribution in [0.25, 0.3) is 0 Å². The lowest BCUT2D eigenvalue weighted by Crippen LogP contribution is -2.37. The topological polar surface area (TPSA) is 41.6 Å². The fourth-order valence-electron chi connectivity index (χ4n) is 2.48. The van der Waals surface area contributed by atoms with Gasteiger partial charge in [0.25, 0.3) is 0 Å². The van der Waals surface area contributed by atoms with Crippen LogP contribution >= 0.6 is 0 Å². The van der Waals surface area contributed by atoms with Gasteiger partial charge in [0.05, 0.1) is 5.92 Å². The summed E-state index contributed by atoms with van der Waals surface area (Å²) in [5.74, 6) is 0.491. The van der Waals surface area contributed by atoms with E-state index in [9.17, 15) is 4.79 Å². The molecule has 0 aliphatic carbocycles. The van der Waals surface area contributed by atoms with Crippen molar-refractivity contribution in [3.05, 3.63) is 0 Å². The van der Waals surface area contributed by atoms with Crippen molar-refractivity contribution in [2.45, 2.75) is 25.9 Å². The average Bonchev–Trinajstić information content (AvgIpc) is 2.68. The van der Waals surface area contributed by atoms with E-state index in [1.165, 1.54) is 0 Å². The Kier molecular flexibility index (Phi) is 3.82.